The van der Waals surface area contributed by atoms with Crippen LogP contribution in [-0.4, -0.2) is 160 Å². The van der Waals surface area contributed by atoms with Crippen molar-refractivity contribution in [2.75, 3.05) is 26.5 Å². The maximum Gasteiger partial charge on any atom is 0.470 e. The van der Waals surface area contributed by atoms with Crippen molar-refractivity contribution in [3.05, 3.63) is 0 Å². The van der Waals surface area contributed by atoms with Crippen molar-refractivity contribution in [2.24, 2.45) is 0 Å². The van der Waals surface area contributed by atoms with Crippen LogP contribution in [0.4, 0.5) is 4.39 Å². The summed E-state index contributed by atoms with van der Waals surface area (Å²) in [5, 5.41) is 50.1. The number of alkyl halides is 1. The molecule has 0 radical (unpaired) electrons. The van der Waals surface area contributed by atoms with E-state index in [4.69, 9.17) is 32.9 Å². The number of aliphatic hydroxyl groups excluding tert-OH is 3. The lowest BCUT2D eigenvalue weighted by Crippen LogP contribution is -2.68. The van der Waals surface area contributed by atoms with E-state index in [-0.39, 0.29) is 44.9 Å². The lowest BCUT2D eigenvalue weighted by atomic mass is 9.91. The molecule has 0 saturated carbocycles. The molecule has 0 spiro atoms. The van der Waals surface area contributed by atoms with Crippen LogP contribution < -0.4 is 10.6 Å². The molecule has 0 unspecified atom stereocenters. The van der Waals surface area contributed by atoms with Crippen LogP contribution in [0.1, 0.15) is 324 Å². The van der Waals surface area contributed by atoms with Crippen molar-refractivity contribution >= 4 is 31.6 Å². The summed E-state index contributed by atoms with van der Waals surface area (Å²) in [7, 11) is -5.40. The molecule has 0 aliphatic carbocycles. The molecule has 0 aromatic rings. The number of phosphoric ester groups is 1. The normalized spacial score (nSPS) is 22.7. The number of hydrogen-bond acceptors (Lipinski definition) is 15. The molecule has 2 heterocycles. The summed E-state index contributed by atoms with van der Waals surface area (Å²) in [6.45, 7) is 7.50. The summed E-state index contributed by atoms with van der Waals surface area (Å²) < 4.78 is 69.8. The number of aliphatic hydroxyl groups is 3. The lowest BCUT2D eigenvalue weighted by Gasteiger charge is -2.47. The van der Waals surface area contributed by atoms with E-state index in [1.54, 1.807) is 0 Å². The van der Waals surface area contributed by atoms with E-state index in [1.807, 2.05) is 0 Å². The van der Waals surface area contributed by atoms with Gasteiger partial charge in [-0.1, -0.05) is 259 Å². The fourth-order valence-electron chi connectivity index (χ4n) is 12.8. The molecule has 548 valence electrons. The predicted octanol–water partition coefficient (Wildman–Crippen LogP) is 14.4. The van der Waals surface area contributed by atoms with Gasteiger partial charge >= 0.3 is 19.8 Å². The highest BCUT2D eigenvalue weighted by molar-refractivity contribution is 7.46. The van der Waals surface area contributed by atoms with Gasteiger partial charge in [0.2, 0.25) is 11.8 Å². The van der Waals surface area contributed by atoms with Crippen molar-refractivity contribution < 1.29 is 91.3 Å². The SMILES string of the molecule is CCCCCCCCCCCCCC(=O)O[C@H](CCCCCCCCCCC)CCO[C@@H]1[C@@H](NC(C)=O)[C@H](OC[C@H]2O[C@H](C(=O)O)[C@H](NC(=O)C[C@H](O)CCCCCCCCCCC)[C@@H](OCC[C@H](O)CCCCCCCCCCC)[C@@H]2O)O[C@H](CF)[C@H]1OP(=O)(O)O. The number of carboxylic acids is 1. The Hall–Kier alpha value is -2.40. The van der Waals surface area contributed by atoms with Crippen LogP contribution in [0.25, 0.3) is 0 Å². The maximum absolute atomic E-state index is 15.2. The number of halogens is 1. The molecule has 8 N–H and O–H groups in total. The third kappa shape index (κ3) is 42.2. The minimum atomic E-state index is -5.40. The van der Waals surface area contributed by atoms with Gasteiger partial charge in [-0.25, -0.2) is 13.8 Å². The number of carbonyl (C=O) groups is 4. The highest BCUT2D eigenvalue weighted by atomic mass is 31.2. The first-order valence-corrected chi connectivity index (χ1v) is 38.9. The molecule has 0 aromatic heterocycles. The quantitative estimate of drug-likeness (QED) is 0.0159. The number of unbranched alkanes of at least 4 members (excludes halogenated alkanes) is 34. The zero-order valence-corrected chi connectivity index (χ0v) is 59.5. The molecule has 2 aliphatic rings. The minimum absolute atomic E-state index is 0.123. The Morgan fingerprint density at radius 3 is 1.39 bits per heavy atom. The first-order chi connectivity index (χ1) is 44.9. The molecule has 2 saturated heterocycles. The van der Waals surface area contributed by atoms with Crippen molar-refractivity contribution in [1.82, 2.24) is 10.6 Å². The molecular weight excluding hydrogens is 1220 g/mol. The first-order valence-electron chi connectivity index (χ1n) is 37.4. The minimum Gasteiger partial charge on any atom is -0.479 e. The van der Waals surface area contributed by atoms with Gasteiger partial charge in [-0.3, -0.25) is 18.9 Å². The Balaban J connectivity index is 2.35. The summed E-state index contributed by atoms with van der Waals surface area (Å²) in [5.41, 5.74) is 0. The van der Waals surface area contributed by atoms with Crippen molar-refractivity contribution in [3.63, 3.8) is 0 Å². The molecule has 2 rings (SSSR count). The molecular formula is C71H134FN2O18P. The van der Waals surface area contributed by atoms with E-state index in [1.165, 1.54) is 128 Å². The van der Waals surface area contributed by atoms with Crippen LogP contribution in [0, 0.1) is 0 Å². The monoisotopic (exact) mass is 1350 g/mol. The Labute approximate surface area is 560 Å². The predicted molar refractivity (Wildman–Crippen MR) is 361 cm³/mol. The Morgan fingerprint density at radius 2 is 0.935 bits per heavy atom. The number of rotatable bonds is 62. The fraction of sp³-hybridized carbons (Fsp3) is 0.944. The fourth-order valence-corrected chi connectivity index (χ4v) is 13.3. The second-order valence-electron chi connectivity index (χ2n) is 26.8. The van der Waals surface area contributed by atoms with Gasteiger partial charge in [0.05, 0.1) is 37.9 Å². The topological polar surface area (TPSA) is 295 Å². The molecule has 2 fully saturated rings. The van der Waals surface area contributed by atoms with Gasteiger partial charge in [0.1, 0.15) is 55.4 Å². The number of carbonyl (C=O) groups excluding carboxylic acids is 3. The van der Waals surface area contributed by atoms with Crippen LogP contribution >= 0.6 is 7.82 Å². The third-order valence-corrected chi connectivity index (χ3v) is 18.8. The number of hydrogen-bond donors (Lipinski definition) is 8. The van der Waals surface area contributed by atoms with E-state index in [0.717, 1.165) is 110 Å². The van der Waals surface area contributed by atoms with Gasteiger partial charge in [-0.05, 0) is 38.5 Å². The number of amides is 2. The van der Waals surface area contributed by atoms with Gasteiger partial charge in [-0.15, -0.1) is 0 Å². The zero-order chi connectivity index (χ0) is 68.3. The largest absolute Gasteiger partial charge is 0.479 e. The van der Waals surface area contributed by atoms with E-state index in [2.05, 4.69) is 38.3 Å². The van der Waals surface area contributed by atoms with Crippen LogP contribution in [-0.2, 0) is 56.7 Å². The smallest absolute Gasteiger partial charge is 0.470 e. The van der Waals surface area contributed by atoms with E-state index in [0.29, 0.717) is 32.1 Å². The number of phosphoric acid groups is 1. The Kier molecular flexibility index (Phi) is 51.7. The summed E-state index contributed by atoms with van der Waals surface area (Å²) in [5.74, 6) is -3.25. The summed E-state index contributed by atoms with van der Waals surface area (Å²) >= 11 is 0. The molecule has 93 heavy (non-hydrogen) atoms. The van der Waals surface area contributed by atoms with Gasteiger partial charge in [0.25, 0.3) is 0 Å². The molecule has 13 atom stereocenters. The number of nitrogens with one attached hydrogen (secondary N) is 2. The molecule has 0 bridgehead atoms. The van der Waals surface area contributed by atoms with Gasteiger partial charge in [0, 0.05) is 26.4 Å². The van der Waals surface area contributed by atoms with Gasteiger partial charge < -0.3 is 69.3 Å². The molecule has 2 amide bonds. The highest BCUT2D eigenvalue weighted by Gasteiger charge is 2.53. The first kappa shape index (κ1) is 86.7. The van der Waals surface area contributed by atoms with E-state index < -0.39 is 118 Å². The van der Waals surface area contributed by atoms with Crippen molar-refractivity contribution in [3.8, 4) is 0 Å². The van der Waals surface area contributed by atoms with E-state index in [9.17, 15) is 54.0 Å². The summed E-state index contributed by atoms with van der Waals surface area (Å²) in [4.78, 5) is 73.6. The van der Waals surface area contributed by atoms with Crippen LogP contribution in [0.3, 0.4) is 0 Å². The van der Waals surface area contributed by atoms with Crippen molar-refractivity contribution in [2.45, 2.75) is 403 Å². The Bertz CT molecular complexity index is 1910. The number of esters is 1. The van der Waals surface area contributed by atoms with Crippen LogP contribution in [0.15, 0.2) is 0 Å². The molecule has 0 aromatic carbocycles. The number of carboxylic acid groups (broad SMARTS) is 1. The lowest BCUT2D eigenvalue weighted by molar-refractivity contribution is -0.287. The molecule has 2 aliphatic heterocycles. The summed E-state index contributed by atoms with van der Waals surface area (Å²) in [6.07, 6.45) is 27.4. The second-order valence-corrected chi connectivity index (χ2v) is 28.0. The van der Waals surface area contributed by atoms with Gasteiger partial charge in [0.15, 0.2) is 12.4 Å². The third-order valence-electron chi connectivity index (χ3n) is 18.3. The highest BCUT2D eigenvalue weighted by Crippen LogP contribution is 2.43. The average molecular weight is 1350 g/mol. The molecule has 22 heteroatoms. The maximum atomic E-state index is 15.2. The average Bonchev–Trinajstić information content (AvgIpc) is 1.18. The second kappa shape index (κ2) is 55.5. The van der Waals surface area contributed by atoms with Crippen molar-refractivity contribution in [1.29, 1.82) is 0 Å². The zero-order valence-electron chi connectivity index (χ0n) is 58.6. The number of aliphatic carboxylic acids is 1. The Morgan fingerprint density at radius 1 is 0.505 bits per heavy atom. The molecule has 20 nitrogen and oxygen atoms in total. The van der Waals surface area contributed by atoms with Crippen LogP contribution in [0.5, 0.6) is 0 Å². The van der Waals surface area contributed by atoms with E-state index >= 15 is 4.39 Å². The standard InChI is InChI=1S/C71H134FN2O18P/c1-6-10-14-18-22-26-27-31-35-39-43-47-62(79)89-58(46-42-38-34-30-25-21-17-13-9-4)49-51-87-68-64(73-55(5)75)71(91-59(53-72)66(68)92-93(83,84)85)88-54-60-65(80)67(86-50-48-56(76)44-40-36-32-28-23-19-15-11-7-2)63(69(90-60)70(81)82)74-61(78)52-57(77)45-41-37-33-29-24-20-16-12-8-3/h56-60,63-69,71,76-77,80H,6-54H2,1-5H3,(H,73,75)(H,74,78)(H,81,82)(H2,83,84,85)/t56-,57-,58-,59-,60-,63-,64-,65-,66-,67-,68-,69+,71-/m1/s1. The summed E-state index contributed by atoms with van der Waals surface area (Å²) in [6, 6.07) is -2.98. The van der Waals surface area contributed by atoms with Gasteiger partial charge in [-0.2, -0.15) is 0 Å². The van der Waals surface area contributed by atoms with Crippen LogP contribution in [0.2, 0.25) is 0 Å². The number of ether oxygens (including phenoxy) is 6.